The summed E-state index contributed by atoms with van der Waals surface area (Å²) in [6.45, 7) is 7.35. The van der Waals surface area contributed by atoms with Crippen molar-refractivity contribution in [2.45, 2.75) is 33.2 Å². The number of nitrogens with one attached hydrogen (secondary N) is 1. The number of hydrogen-bond donors (Lipinski definition) is 1. The van der Waals surface area contributed by atoms with Crippen LogP contribution in [0.2, 0.25) is 0 Å². The Balaban J connectivity index is 1.72. The number of carbonyl (C=O) groups excluding carboxylic acids is 1. The lowest BCUT2D eigenvalue weighted by molar-refractivity contribution is 0.102. The minimum Gasteiger partial charge on any atom is -0.322 e. The molecular weight excluding hydrogens is 284 g/mol. The summed E-state index contributed by atoms with van der Waals surface area (Å²) >= 11 is 0. The van der Waals surface area contributed by atoms with Crippen molar-refractivity contribution in [3.63, 3.8) is 0 Å². The number of aryl methyl sites for hydroxylation is 1. The summed E-state index contributed by atoms with van der Waals surface area (Å²) in [5.41, 5.74) is 5.05. The lowest BCUT2D eigenvalue weighted by Crippen LogP contribution is -2.18. The fourth-order valence-corrected chi connectivity index (χ4v) is 3.14. The van der Waals surface area contributed by atoms with Gasteiger partial charge < -0.3 is 5.32 Å². The Hall–Kier alpha value is -2.13. The fraction of sp³-hybridized carbons (Fsp3) is 0.350. The van der Waals surface area contributed by atoms with Gasteiger partial charge in [0.1, 0.15) is 0 Å². The molecule has 0 saturated carbocycles. The van der Waals surface area contributed by atoms with E-state index in [0.29, 0.717) is 0 Å². The molecule has 0 spiro atoms. The van der Waals surface area contributed by atoms with E-state index < -0.39 is 0 Å². The highest BCUT2D eigenvalue weighted by Gasteiger charge is 2.13. The van der Waals surface area contributed by atoms with Crippen LogP contribution in [0.5, 0.6) is 0 Å². The van der Waals surface area contributed by atoms with E-state index in [2.05, 4.69) is 22.3 Å². The number of anilines is 1. The zero-order chi connectivity index (χ0) is 16.2. The minimum atomic E-state index is -0.0375. The normalized spacial score (nSPS) is 14.9. The molecule has 1 heterocycles. The number of carbonyl (C=O) groups is 1. The highest BCUT2D eigenvalue weighted by Crippen LogP contribution is 2.18. The Kier molecular flexibility index (Phi) is 4.77. The average molecular weight is 308 g/mol. The van der Waals surface area contributed by atoms with E-state index in [9.17, 15) is 4.79 Å². The topological polar surface area (TPSA) is 32.3 Å². The SMILES string of the molecule is Cc1cccc(C(=O)Nc2cccc(CN3CCCC3)c2)c1C. The van der Waals surface area contributed by atoms with Crippen molar-refractivity contribution in [3.8, 4) is 0 Å². The number of rotatable bonds is 4. The molecule has 1 amide bonds. The highest BCUT2D eigenvalue weighted by atomic mass is 16.1. The van der Waals surface area contributed by atoms with Crippen LogP contribution in [0.3, 0.4) is 0 Å². The Labute approximate surface area is 138 Å². The lowest BCUT2D eigenvalue weighted by Gasteiger charge is -2.15. The molecular formula is C20H24N2O. The number of likely N-dealkylation sites (tertiary alicyclic amines) is 1. The van der Waals surface area contributed by atoms with Crippen molar-refractivity contribution >= 4 is 11.6 Å². The van der Waals surface area contributed by atoms with E-state index >= 15 is 0 Å². The van der Waals surface area contributed by atoms with Crippen LogP contribution < -0.4 is 5.32 Å². The third kappa shape index (κ3) is 3.80. The first-order chi connectivity index (χ1) is 11.1. The molecule has 1 fully saturated rings. The Bertz CT molecular complexity index is 703. The zero-order valence-electron chi connectivity index (χ0n) is 13.9. The van der Waals surface area contributed by atoms with E-state index in [1.807, 2.05) is 44.2 Å². The summed E-state index contributed by atoms with van der Waals surface area (Å²) in [5, 5.41) is 3.03. The largest absolute Gasteiger partial charge is 0.322 e. The van der Waals surface area contributed by atoms with Gasteiger partial charge in [-0.1, -0.05) is 24.3 Å². The maximum Gasteiger partial charge on any atom is 0.255 e. The molecule has 120 valence electrons. The van der Waals surface area contributed by atoms with Crippen LogP contribution in [0.25, 0.3) is 0 Å². The third-order valence-electron chi connectivity index (χ3n) is 4.64. The molecule has 3 heteroatoms. The van der Waals surface area contributed by atoms with Crippen LogP contribution in [0, 0.1) is 13.8 Å². The molecule has 1 aliphatic rings. The first-order valence-corrected chi connectivity index (χ1v) is 8.32. The van der Waals surface area contributed by atoms with Gasteiger partial charge in [0.15, 0.2) is 0 Å². The minimum absolute atomic E-state index is 0.0375. The summed E-state index contributed by atoms with van der Waals surface area (Å²) in [7, 11) is 0. The summed E-state index contributed by atoms with van der Waals surface area (Å²) in [4.78, 5) is 15.0. The van der Waals surface area contributed by atoms with Crippen LogP contribution >= 0.6 is 0 Å². The van der Waals surface area contributed by atoms with E-state index in [-0.39, 0.29) is 5.91 Å². The molecule has 1 N–H and O–H groups in total. The molecule has 0 atom stereocenters. The van der Waals surface area contributed by atoms with Crippen molar-refractivity contribution in [1.82, 2.24) is 4.90 Å². The maximum atomic E-state index is 12.5. The van der Waals surface area contributed by atoms with Crippen molar-refractivity contribution in [2.75, 3.05) is 18.4 Å². The summed E-state index contributed by atoms with van der Waals surface area (Å²) < 4.78 is 0. The second kappa shape index (κ2) is 6.97. The van der Waals surface area contributed by atoms with Gasteiger partial charge in [-0.3, -0.25) is 9.69 Å². The van der Waals surface area contributed by atoms with Gasteiger partial charge in [-0.15, -0.1) is 0 Å². The van der Waals surface area contributed by atoms with Crippen molar-refractivity contribution in [1.29, 1.82) is 0 Å². The monoisotopic (exact) mass is 308 g/mol. The van der Waals surface area contributed by atoms with Gasteiger partial charge in [-0.2, -0.15) is 0 Å². The molecule has 0 unspecified atom stereocenters. The van der Waals surface area contributed by atoms with Crippen LogP contribution in [0.15, 0.2) is 42.5 Å². The van der Waals surface area contributed by atoms with Crippen LogP contribution in [0.1, 0.15) is 39.9 Å². The summed E-state index contributed by atoms with van der Waals surface area (Å²) in [6, 6.07) is 14.0. The maximum absolute atomic E-state index is 12.5. The predicted octanol–water partition coefficient (Wildman–Crippen LogP) is 4.15. The molecule has 2 aromatic carbocycles. The van der Waals surface area contributed by atoms with Crippen molar-refractivity contribution < 1.29 is 4.79 Å². The molecule has 23 heavy (non-hydrogen) atoms. The molecule has 1 saturated heterocycles. The first kappa shape index (κ1) is 15.8. The number of nitrogens with zero attached hydrogens (tertiary/aromatic N) is 1. The van der Waals surface area contributed by atoms with E-state index in [1.165, 1.54) is 31.5 Å². The highest BCUT2D eigenvalue weighted by molar-refractivity contribution is 6.05. The zero-order valence-corrected chi connectivity index (χ0v) is 13.9. The van der Waals surface area contributed by atoms with Gasteiger partial charge in [0.2, 0.25) is 0 Å². The second-order valence-electron chi connectivity index (χ2n) is 6.39. The summed E-state index contributed by atoms with van der Waals surface area (Å²) in [6.07, 6.45) is 2.59. The van der Waals surface area contributed by atoms with Gasteiger partial charge in [0.05, 0.1) is 0 Å². The van der Waals surface area contributed by atoms with Gasteiger partial charge in [-0.25, -0.2) is 0 Å². The lowest BCUT2D eigenvalue weighted by atomic mass is 10.0. The smallest absolute Gasteiger partial charge is 0.255 e. The van der Waals surface area contributed by atoms with Crippen LogP contribution in [0.4, 0.5) is 5.69 Å². The summed E-state index contributed by atoms with van der Waals surface area (Å²) in [5.74, 6) is -0.0375. The number of amides is 1. The molecule has 0 aromatic heterocycles. The molecule has 3 rings (SSSR count). The van der Waals surface area contributed by atoms with Crippen LogP contribution in [-0.4, -0.2) is 23.9 Å². The van der Waals surface area contributed by atoms with Gasteiger partial charge in [0.25, 0.3) is 5.91 Å². The van der Waals surface area contributed by atoms with Crippen molar-refractivity contribution in [3.05, 3.63) is 64.7 Å². The molecule has 0 aliphatic carbocycles. The van der Waals surface area contributed by atoms with Crippen LogP contribution in [-0.2, 0) is 6.54 Å². The third-order valence-corrected chi connectivity index (χ3v) is 4.64. The number of hydrogen-bond acceptors (Lipinski definition) is 2. The Morgan fingerprint density at radius 3 is 2.61 bits per heavy atom. The fourth-order valence-electron chi connectivity index (χ4n) is 3.14. The Morgan fingerprint density at radius 1 is 1.09 bits per heavy atom. The Morgan fingerprint density at radius 2 is 1.83 bits per heavy atom. The van der Waals surface area contributed by atoms with Gasteiger partial charge >= 0.3 is 0 Å². The predicted molar refractivity (Wildman–Crippen MR) is 94.8 cm³/mol. The molecule has 1 aliphatic heterocycles. The first-order valence-electron chi connectivity index (χ1n) is 8.32. The average Bonchev–Trinajstić information content (AvgIpc) is 3.03. The van der Waals surface area contributed by atoms with Crippen molar-refractivity contribution in [2.24, 2.45) is 0 Å². The van der Waals surface area contributed by atoms with E-state index in [1.54, 1.807) is 0 Å². The second-order valence-corrected chi connectivity index (χ2v) is 6.39. The quantitative estimate of drug-likeness (QED) is 0.920. The molecule has 0 radical (unpaired) electrons. The van der Waals surface area contributed by atoms with E-state index in [4.69, 9.17) is 0 Å². The van der Waals surface area contributed by atoms with E-state index in [0.717, 1.165) is 28.9 Å². The van der Waals surface area contributed by atoms with Gasteiger partial charge in [-0.05, 0) is 74.7 Å². The standard InChI is InChI=1S/C20H24N2O/c1-15-7-5-10-19(16(15)2)20(23)21-18-9-6-8-17(13-18)14-22-11-3-4-12-22/h5-10,13H,3-4,11-12,14H2,1-2H3,(H,21,23). The molecule has 3 nitrogen and oxygen atoms in total. The molecule has 2 aromatic rings. The molecule has 0 bridgehead atoms. The van der Waals surface area contributed by atoms with Gasteiger partial charge in [0, 0.05) is 17.8 Å². The number of benzene rings is 2.